The fraction of sp³-hybridized carbons (Fsp3) is 0.368. The molecule has 1 fully saturated rings. The van der Waals surface area contributed by atoms with Gasteiger partial charge in [0.2, 0.25) is 5.82 Å². The molecule has 0 radical (unpaired) electrons. The van der Waals surface area contributed by atoms with Crippen molar-refractivity contribution in [1.29, 1.82) is 0 Å². The van der Waals surface area contributed by atoms with E-state index in [1.165, 1.54) is 29.2 Å². The molecule has 14 heteroatoms. The van der Waals surface area contributed by atoms with Crippen LogP contribution in [-0.4, -0.2) is 69.5 Å². The van der Waals surface area contributed by atoms with Crippen molar-refractivity contribution in [1.82, 2.24) is 30.7 Å². The maximum Gasteiger partial charge on any atom is 0.471 e. The summed E-state index contributed by atoms with van der Waals surface area (Å²) in [7, 11) is 0. The summed E-state index contributed by atoms with van der Waals surface area (Å²) in [5.74, 6) is -2.52. The Labute approximate surface area is 183 Å². The number of aromatic nitrogens is 4. The Morgan fingerprint density at radius 2 is 1.94 bits per heavy atom. The number of hydrogen-bond acceptors (Lipinski definition) is 9. The molecule has 3 heterocycles. The third-order valence-electron chi connectivity index (χ3n) is 4.92. The molecule has 1 saturated heterocycles. The van der Waals surface area contributed by atoms with Gasteiger partial charge in [-0.05, 0) is 24.2 Å². The molecular formula is C19H17F3N6O5. The summed E-state index contributed by atoms with van der Waals surface area (Å²) in [6.07, 6.45) is -4.74. The molecule has 3 aromatic rings. The molecule has 0 spiro atoms. The van der Waals surface area contributed by atoms with Gasteiger partial charge in [-0.1, -0.05) is 22.4 Å². The van der Waals surface area contributed by atoms with Crippen LogP contribution in [-0.2, 0) is 10.9 Å². The van der Waals surface area contributed by atoms with Crippen molar-refractivity contribution in [2.24, 2.45) is 0 Å². The van der Waals surface area contributed by atoms with E-state index in [2.05, 4.69) is 34.9 Å². The third kappa shape index (κ3) is 4.84. The monoisotopic (exact) mass is 466 g/mol. The Morgan fingerprint density at radius 3 is 2.58 bits per heavy atom. The van der Waals surface area contributed by atoms with Crippen LogP contribution in [0.5, 0.6) is 0 Å². The van der Waals surface area contributed by atoms with Crippen molar-refractivity contribution in [3.8, 4) is 11.4 Å². The third-order valence-corrected chi connectivity index (χ3v) is 4.92. The lowest BCUT2D eigenvalue weighted by atomic mass is 10.1. The molecule has 4 rings (SSSR count). The number of halogens is 3. The van der Waals surface area contributed by atoms with Crippen molar-refractivity contribution in [2.75, 3.05) is 26.3 Å². The minimum Gasteiger partial charge on any atom is -0.377 e. The maximum atomic E-state index is 12.7. The number of amides is 2. The van der Waals surface area contributed by atoms with Crippen LogP contribution in [0.25, 0.3) is 11.4 Å². The number of aryl methyl sites for hydroxylation is 1. The van der Waals surface area contributed by atoms with Gasteiger partial charge in [0, 0.05) is 24.2 Å². The summed E-state index contributed by atoms with van der Waals surface area (Å²) in [5, 5.41) is 13.3. The lowest BCUT2D eigenvalue weighted by Gasteiger charge is -2.35. The van der Waals surface area contributed by atoms with Gasteiger partial charge in [-0.2, -0.15) is 18.2 Å². The van der Waals surface area contributed by atoms with E-state index in [-0.39, 0.29) is 41.7 Å². The highest BCUT2D eigenvalue weighted by Crippen LogP contribution is 2.29. The van der Waals surface area contributed by atoms with Crippen molar-refractivity contribution in [2.45, 2.75) is 19.1 Å². The predicted molar refractivity (Wildman–Crippen MR) is 102 cm³/mol. The van der Waals surface area contributed by atoms with E-state index < -0.39 is 24.0 Å². The first-order chi connectivity index (χ1) is 15.7. The second-order valence-corrected chi connectivity index (χ2v) is 7.13. The van der Waals surface area contributed by atoms with Gasteiger partial charge in [0.05, 0.1) is 19.3 Å². The molecule has 2 aromatic heterocycles. The van der Waals surface area contributed by atoms with E-state index in [1.807, 2.05) is 0 Å². The number of morpholine rings is 1. The lowest BCUT2D eigenvalue weighted by Crippen LogP contribution is -2.53. The molecule has 1 aliphatic heterocycles. The van der Waals surface area contributed by atoms with Crippen LogP contribution in [0.4, 0.5) is 13.2 Å². The minimum absolute atomic E-state index is 0.0963. The first-order valence-corrected chi connectivity index (χ1v) is 9.71. The molecule has 11 nitrogen and oxygen atoms in total. The van der Waals surface area contributed by atoms with E-state index in [1.54, 1.807) is 6.92 Å². The summed E-state index contributed by atoms with van der Waals surface area (Å²) in [6, 6.07) is 5.20. The van der Waals surface area contributed by atoms with Gasteiger partial charge in [-0.15, -0.1) is 0 Å². The fourth-order valence-electron chi connectivity index (χ4n) is 3.19. The SMILES string of the molecule is Cc1nonc1C(=O)N1CCOC[C@@H]1CNC(=O)c1ccc(-c2noc(C(F)(F)F)n2)cc1. The predicted octanol–water partition coefficient (Wildman–Crippen LogP) is 1.72. The zero-order valence-corrected chi connectivity index (χ0v) is 17.1. The van der Waals surface area contributed by atoms with E-state index in [0.717, 1.165) is 0 Å². The van der Waals surface area contributed by atoms with E-state index in [4.69, 9.17) is 4.74 Å². The van der Waals surface area contributed by atoms with E-state index >= 15 is 0 Å². The van der Waals surface area contributed by atoms with Gasteiger partial charge < -0.3 is 19.5 Å². The van der Waals surface area contributed by atoms with E-state index in [9.17, 15) is 22.8 Å². The molecule has 174 valence electrons. The van der Waals surface area contributed by atoms with Gasteiger partial charge in [0.25, 0.3) is 11.8 Å². The largest absolute Gasteiger partial charge is 0.471 e. The number of nitrogens with zero attached hydrogens (tertiary/aromatic N) is 5. The number of alkyl halides is 3. The second-order valence-electron chi connectivity index (χ2n) is 7.13. The highest BCUT2D eigenvalue weighted by Gasteiger charge is 2.38. The Kier molecular flexibility index (Phi) is 6.09. The van der Waals surface area contributed by atoms with Gasteiger partial charge in [0.15, 0.2) is 5.69 Å². The molecule has 0 bridgehead atoms. The minimum atomic E-state index is -4.74. The van der Waals surface area contributed by atoms with Crippen molar-refractivity contribution in [3.63, 3.8) is 0 Å². The Bertz CT molecular complexity index is 1140. The summed E-state index contributed by atoms with van der Waals surface area (Å²) >= 11 is 0. The zero-order valence-electron chi connectivity index (χ0n) is 17.1. The van der Waals surface area contributed by atoms with Gasteiger partial charge in [-0.3, -0.25) is 9.59 Å². The molecular weight excluding hydrogens is 449 g/mol. The Morgan fingerprint density at radius 1 is 1.18 bits per heavy atom. The van der Waals surface area contributed by atoms with Crippen LogP contribution in [0.15, 0.2) is 33.4 Å². The van der Waals surface area contributed by atoms with Crippen molar-refractivity contribution < 1.29 is 36.6 Å². The van der Waals surface area contributed by atoms with Crippen LogP contribution in [0, 0.1) is 6.92 Å². The molecule has 1 N–H and O–H groups in total. The maximum absolute atomic E-state index is 12.7. The standard InChI is InChI=1S/C19H17F3N6O5/c1-10-14(26-33-25-10)17(30)28-6-7-31-9-13(28)8-23-16(29)12-4-2-11(3-5-12)15-24-18(32-27-15)19(20,21)22/h2-5,13H,6-9H2,1H3,(H,23,29)/t13-/m0/s1. The van der Waals surface area contributed by atoms with E-state index in [0.29, 0.717) is 18.8 Å². The zero-order chi connectivity index (χ0) is 23.6. The highest BCUT2D eigenvalue weighted by atomic mass is 19.4. The molecule has 0 aliphatic carbocycles. The number of ether oxygens (including phenoxy) is 1. The summed E-state index contributed by atoms with van der Waals surface area (Å²) in [4.78, 5) is 30.1. The number of hydrogen-bond donors (Lipinski definition) is 1. The molecule has 2 amide bonds. The Balaban J connectivity index is 1.39. The van der Waals surface area contributed by atoms with Gasteiger partial charge >= 0.3 is 12.1 Å². The Hall–Kier alpha value is -3.81. The second kappa shape index (κ2) is 8.97. The quantitative estimate of drug-likeness (QED) is 0.596. The highest BCUT2D eigenvalue weighted by molar-refractivity contribution is 5.95. The average Bonchev–Trinajstić information content (AvgIpc) is 3.47. The summed E-state index contributed by atoms with van der Waals surface area (Å²) in [6.45, 7) is 2.58. The summed E-state index contributed by atoms with van der Waals surface area (Å²) in [5.41, 5.74) is 0.960. The number of carbonyl (C=O) groups excluding carboxylic acids is 2. The van der Waals surface area contributed by atoms with Crippen LogP contribution < -0.4 is 5.32 Å². The van der Waals surface area contributed by atoms with Crippen LogP contribution in [0.3, 0.4) is 0 Å². The van der Waals surface area contributed by atoms with Gasteiger partial charge in [-0.25, -0.2) is 4.63 Å². The molecule has 1 atom stereocenters. The number of rotatable bonds is 5. The molecule has 1 aromatic carbocycles. The van der Waals surface area contributed by atoms with Crippen LogP contribution in [0.2, 0.25) is 0 Å². The topological polar surface area (TPSA) is 136 Å². The number of carbonyl (C=O) groups is 2. The average molecular weight is 466 g/mol. The van der Waals surface area contributed by atoms with Crippen LogP contribution in [0.1, 0.15) is 32.4 Å². The molecule has 0 saturated carbocycles. The first kappa shape index (κ1) is 22.4. The number of benzene rings is 1. The van der Waals surface area contributed by atoms with Crippen molar-refractivity contribution in [3.05, 3.63) is 47.1 Å². The van der Waals surface area contributed by atoms with Gasteiger partial charge in [0.1, 0.15) is 5.69 Å². The molecule has 0 unspecified atom stereocenters. The van der Waals surface area contributed by atoms with Crippen molar-refractivity contribution >= 4 is 11.8 Å². The smallest absolute Gasteiger partial charge is 0.377 e. The van der Waals surface area contributed by atoms with Crippen LogP contribution >= 0.6 is 0 Å². The molecule has 1 aliphatic rings. The first-order valence-electron chi connectivity index (χ1n) is 9.71. The lowest BCUT2D eigenvalue weighted by molar-refractivity contribution is -0.159. The normalized spacial score (nSPS) is 16.6. The fourth-order valence-corrected chi connectivity index (χ4v) is 3.19. The summed E-state index contributed by atoms with van der Waals surface area (Å²) < 4.78 is 52.1. The number of nitrogens with one attached hydrogen (secondary N) is 1. The molecule has 33 heavy (non-hydrogen) atoms.